The summed E-state index contributed by atoms with van der Waals surface area (Å²) in [5.74, 6) is 0.475. The average molecular weight is 271 g/mol. The highest BCUT2D eigenvalue weighted by Gasteiger charge is 2.16. The van der Waals surface area contributed by atoms with Crippen LogP contribution in [0, 0.1) is 0 Å². The van der Waals surface area contributed by atoms with Gasteiger partial charge in [-0.25, -0.2) is 23.1 Å². The molecule has 0 fully saturated rings. The Hall–Kier alpha value is -1.67. The average Bonchev–Trinajstić information content (AvgIpc) is 2.84. The van der Waals surface area contributed by atoms with Crippen molar-refractivity contribution in [2.75, 3.05) is 11.8 Å². The van der Waals surface area contributed by atoms with E-state index in [1.54, 1.807) is 11.4 Å². The van der Waals surface area contributed by atoms with Gasteiger partial charge in [0.1, 0.15) is 4.21 Å². The van der Waals surface area contributed by atoms with Crippen molar-refractivity contribution in [1.29, 1.82) is 0 Å². The number of hydrogen-bond donors (Lipinski definition) is 1. The van der Waals surface area contributed by atoms with Crippen LogP contribution >= 0.6 is 11.3 Å². The molecule has 0 saturated carbocycles. The molecule has 0 aliphatic rings. The summed E-state index contributed by atoms with van der Waals surface area (Å²) >= 11 is 1.13. The summed E-state index contributed by atoms with van der Waals surface area (Å²) in [6, 6.07) is 3.17. The number of nitrogens with one attached hydrogen (secondary N) is 1. The van der Waals surface area contributed by atoms with Gasteiger partial charge in [-0.15, -0.1) is 11.3 Å². The van der Waals surface area contributed by atoms with Gasteiger partial charge in [-0.05, 0) is 11.4 Å². The van der Waals surface area contributed by atoms with Gasteiger partial charge in [0.15, 0.2) is 5.75 Å². The standard InChI is InChI=1S/C9H9N3O3S2/c1-15-7-5-10-9(11-6-7)12-17(13,14)8-3-2-4-16-8/h2-6H,1H3,(H,10,11,12). The van der Waals surface area contributed by atoms with Gasteiger partial charge >= 0.3 is 0 Å². The summed E-state index contributed by atoms with van der Waals surface area (Å²) in [5, 5.41) is 1.68. The number of rotatable bonds is 4. The molecule has 6 nitrogen and oxygen atoms in total. The van der Waals surface area contributed by atoms with Gasteiger partial charge in [0, 0.05) is 0 Å². The zero-order valence-electron chi connectivity index (χ0n) is 8.82. The summed E-state index contributed by atoms with van der Waals surface area (Å²) in [4.78, 5) is 7.65. The predicted octanol–water partition coefficient (Wildman–Crippen LogP) is 1.35. The highest BCUT2D eigenvalue weighted by molar-refractivity contribution is 7.94. The molecule has 2 aromatic rings. The van der Waals surface area contributed by atoms with Gasteiger partial charge in [0.25, 0.3) is 10.0 Å². The molecule has 0 saturated heterocycles. The number of hydrogen-bond acceptors (Lipinski definition) is 6. The molecule has 0 aliphatic carbocycles. The molecule has 90 valence electrons. The molecule has 0 unspecified atom stereocenters. The van der Waals surface area contributed by atoms with Crippen LogP contribution in [0.15, 0.2) is 34.1 Å². The molecule has 0 aromatic carbocycles. The highest BCUT2D eigenvalue weighted by Crippen LogP contribution is 2.18. The summed E-state index contributed by atoms with van der Waals surface area (Å²) in [6.07, 6.45) is 2.78. The molecule has 0 atom stereocenters. The second-order valence-corrected chi connectivity index (χ2v) is 5.84. The Labute approximate surface area is 102 Å². The predicted molar refractivity (Wildman–Crippen MR) is 63.7 cm³/mol. The Morgan fingerprint density at radius 1 is 1.35 bits per heavy atom. The minimum atomic E-state index is -3.59. The Morgan fingerprint density at radius 3 is 2.59 bits per heavy atom. The monoisotopic (exact) mass is 271 g/mol. The lowest BCUT2D eigenvalue weighted by atomic mass is 10.6. The van der Waals surface area contributed by atoms with Crippen molar-refractivity contribution in [3.05, 3.63) is 29.9 Å². The van der Waals surface area contributed by atoms with Crippen LogP contribution in [0.3, 0.4) is 0 Å². The number of sulfonamides is 1. The molecule has 2 aromatic heterocycles. The Morgan fingerprint density at radius 2 is 2.06 bits per heavy atom. The molecule has 2 rings (SSSR count). The highest BCUT2D eigenvalue weighted by atomic mass is 32.2. The van der Waals surface area contributed by atoms with E-state index in [0.29, 0.717) is 5.75 Å². The number of anilines is 1. The molecule has 2 heterocycles. The largest absolute Gasteiger partial charge is 0.494 e. The first-order chi connectivity index (χ1) is 8.12. The summed E-state index contributed by atoms with van der Waals surface area (Å²) in [5.41, 5.74) is 0. The molecular weight excluding hydrogens is 262 g/mol. The molecule has 8 heteroatoms. The Bertz CT molecular complexity index is 578. The number of ether oxygens (including phenoxy) is 1. The van der Waals surface area contributed by atoms with Gasteiger partial charge in [0.05, 0.1) is 19.5 Å². The molecule has 17 heavy (non-hydrogen) atoms. The van der Waals surface area contributed by atoms with Crippen LogP contribution in [0.5, 0.6) is 5.75 Å². The van der Waals surface area contributed by atoms with Gasteiger partial charge in [-0.3, -0.25) is 0 Å². The van der Waals surface area contributed by atoms with E-state index in [2.05, 4.69) is 14.7 Å². The van der Waals surface area contributed by atoms with Gasteiger partial charge in [-0.2, -0.15) is 0 Å². The van der Waals surface area contributed by atoms with Crippen molar-refractivity contribution in [2.45, 2.75) is 4.21 Å². The molecule has 0 amide bonds. The number of methoxy groups -OCH3 is 1. The van der Waals surface area contributed by atoms with E-state index in [9.17, 15) is 8.42 Å². The van der Waals surface area contributed by atoms with Crippen LogP contribution in [0.2, 0.25) is 0 Å². The molecule has 0 bridgehead atoms. The third-order valence-electron chi connectivity index (χ3n) is 1.85. The maximum absolute atomic E-state index is 11.8. The van der Waals surface area contributed by atoms with Crippen molar-refractivity contribution in [1.82, 2.24) is 9.97 Å². The summed E-state index contributed by atoms with van der Waals surface area (Å²) < 4.78 is 31.0. The number of aromatic nitrogens is 2. The summed E-state index contributed by atoms with van der Waals surface area (Å²) in [6.45, 7) is 0. The van der Waals surface area contributed by atoms with Crippen molar-refractivity contribution >= 4 is 27.3 Å². The van der Waals surface area contributed by atoms with E-state index < -0.39 is 10.0 Å². The van der Waals surface area contributed by atoms with E-state index >= 15 is 0 Å². The lowest BCUT2D eigenvalue weighted by Gasteiger charge is -2.04. The van der Waals surface area contributed by atoms with E-state index in [4.69, 9.17) is 4.74 Å². The first kappa shape index (κ1) is 11.8. The normalized spacial score (nSPS) is 11.1. The molecule has 1 N–H and O–H groups in total. The van der Waals surface area contributed by atoms with Crippen molar-refractivity contribution in [3.63, 3.8) is 0 Å². The fraction of sp³-hybridized carbons (Fsp3) is 0.111. The fourth-order valence-corrected chi connectivity index (χ4v) is 3.01. The maximum Gasteiger partial charge on any atom is 0.273 e. The van der Waals surface area contributed by atoms with Crippen molar-refractivity contribution < 1.29 is 13.2 Å². The van der Waals surface area contributed by atoms with Crippen molar-refractivity contribution in [2.24, 2.45) is 0 Å². The minimum absolute atomic E-state index is 0.0131. The third kappa shape index (κ3) is 2.71. The second kappa shape index (κ2) is 4.68. The Kier molecular flexibility index (Phi) is 3.25. The minimum Gasteiger partial charge on any atom is -0.494 e. The Balaban J connectivity index is 2.21. The van der Waals surface area contributed by atoms with E-state index in [-0.39, 0.29) is 10.2 Å². The first-order valence-electron chi connectivity index (χ1n) is 4.54. The van der Waals surface area contributed by atoms with Crippen molar-refractivity contribution in [3.8, 4) is 5.75 Å². The quantitative estimate of drug-likeness (QED) is 0.907. The maximum atomic E-state index is 11.8. The van der Waals surface area contributed by atoms with E-state index in [0.717, 1.165) is 11.3 Å². The lowest BCUT2D eigenvalue weighted by molar-refractivity contribution is 0.411. The summed E-state index contributed by atoms with van der Waals surface area (Å²) in [7, 11) is -2.11. The molecular formula is C9H9N3O3S2. The second-order valence-electron chi connectivity index (χ2n) is 2.98. The first-order valence-corrected chi connectivity index (χ1v) is 6.90. The smallest absolute Gasteiger partial charge is 0.273 e. The molecule has 0 spiro atoms. The SMILES string of the molecule is COc1cnc(NS(=O)(=O)c2cccs2)nc1. The molecule has 0 radical (unpaired) electrons. The number of nitrogens with zero attached hydrogens (tertiary/aromatic N) is 2. The van der Waals surface area contributed by atoms with Crippen LogP contribution < -0.4 is 9.46 Å². The lowest BCUT2D eigenvalue weighted by Crippen LogP contribution is -2.13. The van der Waals surface area contributed by atoms with Crippen LogP contribution in [0.1, 0.15) is 0 Å². The molecule has 0 aliphatic heterocycles. The number of thiophene rings is 1. The van der Waals surface area contributed by atoms with Gasteiger partial charge in [0.2, 0.25) is 5.95 Å². The zero-order valence-corrected chi connectivity index (χ0v) is 10.5. The van der Waals surface area contributed by atoms with Crippen LogP contribution in [-0.2, 0) is 10.0 Å². The van der Waals surface area contributed by atoms with Crippen LogP contribution in [-0.4, -0.2) is 25.5 Å². The van der Waals surface area contributed by atoms with Gasteiger partial charge in [-0.1, -0.05) is 6.07 Å². The van der Waals surface area contributed by atoms with Crippen LogP contribution in [0.25, 0.3) is 0 Å². The van der Waals surface area contributed by atoms with E-state index in [1.165, 1.54) is 25.6 Å². The topological polar surface area (TPSA) is 81.2 Å². The van der Waals surface area contributed by atoms with Crippen LogP contribution in [0.4, 0.5) is 5.95 Å². The zero-order chi connectivity index (χ0) is 12.3. The third-order valence-corrected chi connectivity index (χ3v) is 4.58. The van der Waals surface area contributed by atoms with E-state index in [1.807, 2.05) is 0 Å². The fourth-order valence-electron chi connectivity index (χ4n) is 1.06. The van der Waals surface area contributed by atoms with Gasteiger partial charge < -0.3 is 4.74 Å².